The molecule has 0 radical (unpaired) electrons. The summed E-state index contributed by atoms with van der Waals surface area (Å²) in [6, 6.07) is 9.80. The second-order valence-corrected chi connectivity index (χ2v) is 2.57. The third-order valence-corrected chi connectivity index (χ3v) is 1.55. The predicted octanol–water partition coefficient (Wildman–Crippen LogP) is 1.02. The van der Waals surface area contributed by atoms with Gasteiger partial charge in [0.25, 0.3) is 0 Å². The molecule has 1 aromatic carbocycles. The van der Waals surface area contributed by atoms with Crippen molar-refractivity contribution < 1.29 is 5.11 Å². The SMILES string of the molecule is NCC(O)C=Cc1ccccc1. The minimum absolute atomic E-state index is 0.267. The second kappa shape index (κ2) is 4.70. The molecule has 0 bridgehead atoms. The Hall–Kier alpha value is -1.12. The Kier molecular flexibility index (Phi) is 3.51. The third-order valence-electron chi connectivity index (χ3n) is 1.55. The van der Waals surface area contributed by atoms with Crippen molar-refractivity contribution >= 4 is 6.08 Å². The molecule has 1 rings (SSSR count). The fourth-order valence-corrected chi connectivity index (χ4v) is 0.865. The topological polar surface area (TPSA) is 46.2 Å². The lowest BCUT2D eigenvalue weighted by molar-refractivity contribution is 0.232. The molecule has 0 fully saturated rings. The van der Waals surface area contributed by atoms with Crippen molar-refractivity contribution in [2.75, 3.05) is 6.54 Å². The molecule has 0 amide bonds. The van der Waals surface area contributed by atoms with E-state index in [0.29, 0.717) is 0 Å². The Morgan fingerprint density at radius 3 is 2.58 bits per heavy atom. The molecule has 0 spiro atoms. The van der Waals surface area contributed by atoms with Gasteiger partial charge in [0.15, 0.2) is 0 Å². The molecule has 1 unspecified atom stereocenters. The average molecular weight is 163 g/mol. The van der Waals surface area contributed by atoms with Crippen molar-refractivity contribution in [2.24, 2.45) is 5.73 Å². The Morgan fingerprint density at radius 2 is 2.00 bits per heavy atom. The highest BCUT2D eigenvalue weighted by molar-refractivity contribution is 5.49. The summed E-state index contributed by atoms with van der Waals surface area (Å²) < 4.78 is 0. The Balaban J connectivity index is 2.58. The number of benzene rings is 1. The molecule has 3 N–H and O–H groups in total. The van der Waals surface area contributed by atoms with Crippen LogP contribution >= 0.6 is 0 Å². The number of hydrogen-bond donors (Lipinski definition) is 2. The highest BCUT2D eigenvalue weighted by Gasteiger charge is 1.91. The first-order valence-electron chi connectivity index (χ1n) is 3.94. The van der Waals surface area contributed by atoms with E-state index in [4.69, 9.17) is 10.8 Å². The largest absolute Gasteiger partial charge is 0.388 e. The molecular weight excluding hydrogens is 150 g/mol. The van der Waals surface area contributed by atoms with Gasteiger partial charge in [-0.25, -0.2) is 0 Å². The van der Waals surface area contributed by atoms with Gasteiger partial charge in [-0.1, -0.05) is 42.5 Å². The van der Waals surface area contributed by atoms with E-state index in [1.165, 1.54) is 0 Å². The summed E-state index contributed by atoms with van der Waals surface area (Å²) in [6.45, 7) is 0.267. The van der Waals surface area contributed by atoms with Crippen LogP contribution in [-0.2, 0) is 0 Å². The van der Waals surface area contributed by atoms with Crippen LogP contribution in [0.1, 0.15) is 5.56 Å². The molecule has 0 aliphatic rings. The van der Waals surface area contributed by atoms with Crippen molar-refractivity contribution in [2.45, 2.75) is 6.10 Å². The lowest BCUT2D eigenvalue weighted by Crippen LogP contribution is -2.16. The fraction of sp³-hybridized carbons (Fsp3) is 0.200. The zero-order chi connectivity index (χ0) is 8.81. The minimum atomic E-state index is -0.537. The van der Waals surface area contributed by atoms with Crippen LogP contribution in [0.15, 0.2) is 36.4 Å². The maximum absolute atomic E-state index is 9.11. The van der Waals surface area contributed by atoms with Crippen molar-refractivity contribution in [3.05, 3.63) is 42.0 Å². The smallest absolute Gasteiger partial charge is 0.0846 e. The molecule has 1 aromatic rings. The summed E-state index contributed by atoms with van der Waals surface area (Å²) in [7, 11) is 0. The molecule has 12 heavy (non-hydrogen) atoms. The van der Waals surface area contributed by atoms with E-state index >= 15 is 0 Å². The van der Waals surface area contributed by atoms with Crippen LogP contribution in [0.3, 0.4) is 0 Å². The van der Waals surface area contributed by atoms with E-state index in [2.05, 4.69) is 0 Å². The first-order chi connectivity index (χ1) is 5.83. The van der Waals surface area contributed by atoms with Crippen molar-refractivity contribution in [1.29, 1.82) is 0 Å². The zero-order valence-corrected chi connectivity index (χ0v) is 6.85. The summed E-state index contributed by atoms with van der Waals surface area (Å²) in [5.41, 5.74) is 6.31. The standard InChI is InChI=1S/C10H13NO/c11-8-10(12)7-6-9-4-2-1-3-5-9/h1-7,10,12H,8,11H2. The molecule has 2 nitrogen and oxygen atoms in total. The monoisotopic (exact) mass is 163 g/mol. The van der Waals surface area contributed by atoms with E-state index in [1.807, 2.05) is 36.4 Å². The van der Waals surface area contributed by atoms with E-state index in [1.54, 1.807) is 6.08 Å². The molecule has 64 valence electrons. The van der Waals surface area contributed by atoms with Gasteiger partial charge in [0.2, 0.25) is 0 Å². The summed E-state index contributed by atoms with van der Waals surface area (Å²) in [5, 5.41) is 9.11. The Labute approximate surface area is 72.3 Å². The van der Waals surface area contributed by atoms with Gasteiger partial charge in [0.1, 0.15) is 0 Å². The molecule has 0 saturated heterocycles. The van der Waals surface area contributed by atoms with E-state index in [0.717, 1.165) is 5.56 Å². The quantitative estimate of drug-likeness (QED) is 0.698. The van der Waals surface area contributed by atoms with Crippen LogP contribution in [0.4, 0.5) is 0 Å². The first-order valence-corrected chi connectivity index (χ1v) is 3.94. The molecular formula is C10H13NO. The maximum atomic E-state index is 9.11. The second-order valence-electron chi connectivity index (χ2n) is 2.57. The predicted molar refractivity (Wildman–Crippen MR) is 50.5 cm³/mol. The van der Waals surface area contributed by atoms with Crippen molar-refractivity contribution in [3.8, 4) is 0 Å². The van der Waals surface area contributed by atoms with Crippen LogP contribution in [-0.4, -0.2) is 17.8 Å². The van der Waals surface area contributed by atoms with E-state index in [-0.39, 0.29) is 6.54 Å². The van der Waals surface area contributed by atoms with Crippen LogP contribution in [0.25, 0.3) is 6.08 Å². The van der Waals surface area contributed by atoms with Crippen LogP contribution in [0.2, 0.25) is 0 Å². The van der Waals surface area contributed by atoms with E-state index < -0.39 is 6.10 Å². The van der Waals surface area contributed by atoms with Gasteiger partial charge in [0.05, 0.1) is 6.10 Å². The zero-order valence-electron chi connectivity index (χ0n) is 6.85. The summed E-state index contributed by atoms with van der Waals surface area (Å²) in [6.07, 6.45) is 3.01. The normalized spacial score (nSPS) is 13.5. The lowest BCUT2D eigenvalue weighted by Gasteiger charge is -1.98. The van der Waals surface area contributed by atoms with E-state index in [9.17, 15) is 0 Å². The van der Waals surface area contributed by atoms with Crippen LogP contribution < -0.4 is 5.73 Å². The first kappa shape index (κ1) is 8.97. The fourth-order valence-electron chi connectivity index (χ4n) is 0.865. The average Bonchev–Trinajstić information content (AvgIpc) is 2.16. The van der Waals surface area contributed by atoms with Gasteiger partial charge in [-0.3, -0.25) is 0 Å². The van der Waals surface area contributed by atoms with Gasteiger partial charge in [-0.05, 0) is 5.56 Å². The third kappa shape index (κ3) is 2.86. The van der Waals surface area contributed by atoms with Gasteiger partial charge < -0.3 is 10.8 Å². The molecule has 0 saturated carbocycles. The summed E-state index contributed by atoms with van der Waals surface area (Å²) in [4.78, 5) is 0. The lowest BCUT2D eigenvalue weighted by atomic mass is 10.2. The number of aliphatic hydroxyl groups is 1. The van der Waals surface area contributed by atoms with Gasteiger partial charge >= 0.3 is 0 Å². The van der Waals surface area contributed by atoms with Crippen LogP contribution in [0, 0.1) is 0 Å². The highest BCUT2D eigenvalue weighted by Crippen LogP contribution is 2.01. The van der Waals surface area contributed by atoms with Crippen molar-refractivity contribution in [3.63, 3.8) is 0 Å². The molecule has 0 aliphatic carbocycles. The Morgan fingerprint density at radius 1 is 1.33 bits per heavy atom. The number of nitrogens with two attached hydrogens (primary N) is 1. The van der Waals surface area contributed by atoms with Gasteiger partial charge in [-0.2, -0.15) is 0 Å². The maximum Gasteiger partial charge on any atom is 0.0846 e. The number of aliphatic hydroxyl groups excluding tert-OH is 1. The number of hydrogen-bond acceptors (Lipinski definition) is 2. The van der Waals surface area contributed by atoms with Crippen molar-refractivity contribution in [1.82, 2.24) is 0 Å². The molecule has 0 aromatic heterocycles. The van der Waals surface area contributed by atoms with Crippen LogP contribution in [0.5, 0.6) is 0 Å². The summed E-state index contributed by atoms with van der Waals surface area (Å²) >= 11 is 0. The van der Waals surface area contributed by atoms with Gasteiger partial charge in [-0.15, -0.1) is 0 Å². The van der Waals surface area contributed by atoms with Gasteiger partial charge in [0, 0.05) is 6.54 Å². The highest BCUT2D eigenvalue weighted by atomic mass is 16.3. The molecule has 2 heteroatoms. The Bertz CT molecular complexity index is 243. The molecule has 1 atom stereocenters. The summed E-state index contributed by atoms with van der Waals surface area (Å²) in [5.74, 6) is 0. The minimum Gasteiger partial charge on any atom is -0.388 e. The molecule has 0 heterocycles. The number of rotatable bonds is 3. The molecule has 0 aliphatic heterocycles.